The van der Waals surface area contributed by atoms with Gasteiger partial charge in [0.1, 0.15) is 11.1 Å². The first kappa shape index (κ1) is 74.3. The van der Waals surface area contributed by atoms with E-state index in [0.717, 1.165) is 77.3 Å². The molecule has 17 heteroatoms. The van der Waals surface area contributed by atoms with Gasteiger partial charge in [-0.1, -0.05) is 157 Å². The summed E-state index contributed by atoms with van der Waals surface area (Å²) < 4.78 is 0. The lowest BCUT2D eigenvalue weighted by Gasteiger charge is -2.31. The fraction of sp³-hybridized carbons (Fsp3) is 0.618. The number of nitrogens with two attached hydrogens (primary N) is 1. The number of hydrogen-bond acceptors (Lipinski definition) is 11. The molecule has 85 heavy (non-hydrogen) atoms. The van der Waals surface area contributed by atoms with Crippen molar-refractivity contribution in [3.8, 4) is 11.8 Å². The Hall–Kier alpha value is -6.78. The van der Waals surface area contributed by atoms with Crippen LogP contribution < -0.4 is 27.5 Å². The molecule has 8 N–H and O–H groups in total. The van der Waals surface area contributed by atoms with Crippen LogP contribution in [0.4, 0.5) is 17.1 Å². The van der Waals surface area contributed by atoms with Crippen LogP contribution in [-0.2, 0) is 0 Å². The number of azo groups is 1. The number of anilines is 1. The standard InChI is InChI=1S/C34H53N5O4.C23H40N2O.C11H16N2O3/c1-9-13-17-24(11-3)21-39(22-25(12-4)18-14-10-2)33(43)26-19-15-16-20-27(26)37-38-29-23(5)28(30(40)35-32(29)42)31(41)36-34(6,7)8;1-5-9-13-19(7-3)17-25(18-20(8-4)14-10-6-2)23(26)21-15-11-12-16-22(21)24;1-6-5-7(14)12-9(15)8(6)10(16)13-11(2,3)4/h15-16,19-20,24-25H,9-14,17-18,21-22H2,1-8H3,(H,36,41)(H2,35,40,42);11-12,15-16,19-20H,5-10,13-14,17-18,24H2,1-4H3;5H,1-4H3,(H,13,16)(H2,12,14,15). The van der Waals surface area contributed by atoms with Crippen molar-refractivity contribution in [3.63, 3.8) is 0 Å². The Kier molecular flexibility index (Phi) is 32.9. The van der Waals surface area contributed by atoms with Gasteiger partial charge in [-0.2, -0.15) is 0 Å². The van der Waals surface area contributed by atoms with Crippen molar-refractivity contribution in [1.82, 2.24) is 30.4 Å². The second kappa shape index (κ2) is 37.6. The van der Waals surface area contributed by atoms with E-state index in [2.05, 4.69) is 91.1 Å². The number of aryl methyl sites for hydroxylation is 1. The molecule has 2 aromatic heterocycles. The number of aromatic nitrogens is 2. The van der Waals surface area contributed by atoms with Gasteiger partial charge < -0.3 is 36.4 Å². The highest BCUT2D eigenvalue weighted by Crippen LogP contribution is 2.30. The number of nitrogen functional groups attached to an aromatic ring is 1. The first-order valence-corrected chi connectivity index (χ1v) is 31.6. The maximum Gasteiger partial charge on any atom is 0.278 e. The number of pyridine rings is 2. The summed E-state index contributed by atoms with van der Waals surface area (Å²) in [6.07, 6.45) is 18.2. The maximum absolute atomic E-state index is 14.2. The van der Waals surface area contributed by atoms with Gasteiger partial charge in [0.15, 0.2) is 5.69 Å². The van der Waals surface area contributed by atoms with Crippen LogP contribution in [0.5, 0.6) is 11.8 Å². The molecule has 0 bridgehead atoms. The normalized spacial score (nSPS) is 12.9. The molecule has 2 heterocycles. The van der Waals surface area contributed by atoms with Crippen LogP contribution in [0.15, 0.2) is 74.4 Å². The van der Waals surface area contributed by atoms with Crippen LogP contribution in [0, 0.1) is 37.5 Å². The summed E-state index contributed by atoms with van der Waals surface area (Å²) in [7, 11) is 0. The average molecular weight is 1180 g/mol. The number of nitrogens with zero attached hydrogens (tertiary/aromatic N) is 4. The van der Waals surface area contributed by atoms with Crippen molar-refractivity contribution in [2.75, 3.05) is 31.9 Å². The zero-order valence-corrected chi connectivity index (χ0v) is 54.9. The van der Waals surface area contributed by atoms with Gasteiger partial charge in [-0.15, -0.1) is 10.2 Å². The summed E-state index contributed by atoms with van der Waals surface area (Å²) >= 11 is 0. The Morgan fingerprint density at radius 3 is 1.32 bits per heavy atom. The van der Waals surface area contributed by atoms with Gasteiger partial charge >= 0.3 is 0 Å². The lowest BCUT2D eigenvalue weighted by molar-refractivity contribution is 0.0679. The van der Waals surface area contributed by atoms with Crippen LogP contribution in [0.25, 0.3) is 0 Å². The molecule has 474 valence electrons. The van der Waals surface area contributed by atoms with Crippen LogP contribution in [-0.4, -0.2) is 90.9 Å². The molecule has 4 unspecified atom stereocenters. The molecule has 4 aromatic rings. The van der Waals surface area contributed by atoms with E-state index in [9.17, 15) is 39.0 Å². The second-order valence-electron chi connectivity index (χ2n) is 25.0. The first-order valence-electron chi connectivity index (χ1n) is 31.6. The van der Waals surface area contributed by atoms with Crippen molar-refractivity contribution in [1.29, 1.82) is 0 Å². The highest BCUT2D eigenvalue weighted by Gasteiger charge is 2.28. The second-order valence-corrected chi connectivity index (χ2v) is 25.0. The number of rotatable bonds is 30. The van der Waals surface area contributed by atoms with Crippen molar-refractivity contribution in [2.45, 2.75) is 225 Å². The average Bonchev–Trinajstić information content (AvgIpc) is 3.44. The molecule has 0 aliphatic rings. The van der Waals surface area contributed by atoms with E-state index in [-0.39, 0.29) is 34.2 Å². The van der Waals surface area contributed by atoms with Crippen LogP contribution in [0.3, 0.4) is 0 Å². The third-order valence-corrected chi connectivity index (χ3v) is 15.3. The summed E-state index contributed by atoms with van der Waals surface area (Å²) in [4.78, 5) is 84.5. The van der Waals surface area contributed by atoms with Crippen LogP contribution in [0.1, 0.15) is 252 Å². The minimum absolute atomic E-state index is 0.0746. The minimum atomic E-state index is -0.681. The fourth-order valence-corrected chi connectivity index (χ4v) is 10.1. The van der Waals surface area contributed by atoms with E-state index in [1.807, 2.05) is 70.7 Å². The van der Waals surface area contributed by atoms with Gasteiger partial charge in [0.2, 0.25) is 11.8 Å². The number of hydrogen-bond donors (Lipinski definition) is 7. The number of benzene rings is 2. The van der Waals surface area contributed by atoms with Crippen molar-refractivity contribution < 1.29 is 29.4 Å². The summed E-state index contributed by atoms with van der Waals surface area (Å²) in [5, 5.41) is 34.0. The predicted octanol–water partition coefficient (Wildman–Crippen LogP) is 15.3. The molecule has 4 amide bonds. The van der Waals surface area contributed by atoms with Gasteiger partial charge in [-0.05, 0) is 135 Å². The fourth-order valence-electron chi connectivity index (χ4n) is 10.1. The number of carbonyl (C=O) groups is 4. The molecule has 17 nitrogen and oxygen atoms in total. The largest absolute Gasteiger partial charge is 0.494 e. The third kappa shape index (κ3) is 25.8. The van der Waals surface area contributed by atoms with Crippen molar-refractivity contribution in [2.24, 2.45) is 33.9 Å². The molecule has 0 fully saturated rings. The number of aromatic hydroxyl groups is 2. The van der Waals surface area contributed by atoms with E-state index >= 15 is 0 Å². The van der Waals surface area contributed by atoms with Gasteiger partial charge in [0, 0.05) is 54.6 Å². The quantitative estimate of drug-likeness (QED) is 0.0193. The monoisotopic (exact) mass is 1180 g/mol. The summed E-state index contributed by atoms with van der Waals surface area (Å²) in [6, 6.07) is 15.8. The van der Waals surface area contributed by atoms with Gasteiger partial charge in [0.25, 0.3) is 34.7 Å². The topological polar surface area (TPSA) is 256 Å². The Morgan fingerprint density at radius 2 is 0.929 bits per heavy atom. The highest BCUT2D eigenvalue weighted by molar-refractivity contribution is 6.01. The Morgan fingerprint density at radius 1 is 0.553 bits per heavy atom. The lowest BCUT2D eigenvalue weighted by atomic mass is 9.95. The van der Waals surface area contributed by atoms with E-state index in [4.69, 9.17) is 5.73 Å². The number of amides is 4. The molecule has 2 aromatic carbocycles. The van der Waals surface area contributed by atoms with Gasteiger partial charge in [-0.25, -0.2) is 0 Å². The first-order chi connectivity index (χ1) is 40.1. The predicted molar refractivity (Wildman–Crippen MR) is 348 cm³/mol. The van der Waals surface area contributed by atoms with Gasteiger partial charge in [0.05, 0.1) is 16.8 Å². The Balaban J connectivity index is 0.000000493. The molecule has 0 spiro atoms. The SMILES string of the molecule is CCCCC(CC)CN(CC(CC)CCCC)C(=O)c1ccccc1N.CCCCC(CC)CN(CC(CC)CCCC)C(=O)c1ccccc1N=Nc1c(C)c(C(=O)NC(C)(C)C)c(O)[nH]c1=O.Cc1cc(=O)[nH]c(O)c1C(=O)NC(C)(C)C. The molecule has 0 aliphatic carbocycles. The lowest BCUT2D eigenvalue weighted by Crippen LogP contribution is -2.41. The molecule has 0 aliphatic heterocycles. The third-order valence-electron chi connectivity index (χ3n) is 15.3. The number of nitrogens with one attached hydrogen (secondary N) is 4. The van der Waals surface area contributed by atoms with E-state index < -0.39 is 45.8 Å². The van der Waals surface area contributed by atoms with Crippen molar-refractivity contribution in [3.05, 3.63) is 109 Å². The molecular weight excluding hydrogens is 1070 g/mol. The number of carbonyl (C=O) groups excluding carboxylic acids is 4. The van der Waals surface area contributed by atoms with Crippen LogP contribution >= 0.6 is 0 Å². The smallest absolute Gasteiger partial charge is 0.278 e. The number of para-hydroxylation sites is 1. The number of aromatic amines is 2. The van der Waals surface area contributed by atoms with E-state index in [1.165, 1.54) is 44.6 Å². The summed E-state index contributed by atoms with van der Waals surface area (Å²) in [6.45, 7) is 34.9. The molecule has 0 saturated heterocycles. The zero-order chi connectivity index (χ0) is 64.0. The Bertz CT molecular complexity index is 2780. The van der Waals surface area contributed by atoms with E-state index in [1.54, 1.807) is 38.1 Å². The van der Waals surface area contributed by atoms with Gasteiger partial charge in [-0.3, -0.25) is 38.7 Å². The van der Waals surface area contributed by atoms with E-state index in [0.29, 0.717) is 64.8 Å². The molecule has 4 atom stereocenters. The highest BCUT2D eigenvalue weighted by atomic mass is 16.3. The summed E-state index contributed by atoms with van der Waals surface area (Å²) in [5.74, 6) is 0.120. The number of unbranched alkanes of at least 4 members (excludes halogenated alkanes) is 4. The molecule has 0 radical (unpaired) electrons. The maximum atomic E-state index is 14.2. The minimum Gasteiger partial charge on any atom is -0.494 e. The summed E-state index contributed by atoms with van der Waals surface area (Å²) in [5.41, 5.74) is 6.61. The zero-order valence-electron chi connectivity index (χ0n) is 54.9. The van der Waals surface area contributed by atoms with Crippen LogP contribution in [0.2, 0.25) is 0 Å². The Labute approximate surface area is 509 Å². The number of H-pyrrole nitrogens is 2. The molecule has 4 rings (SSSR count). The molecule has 0 saturated carbocycles. The molecular formula is C68H109N9O8. The van der Waals surface area contributed by atoms with Crippen molar-refractivity contribution >= 4 is 40.7 Å².